The Bertz CT molecular complexity index is 983. The highest BCUT2D eigenvalue weighted by Gasteiger charge is 2.47. The number of thioether (sulfide) groups is 1. The number of hydrogen-bond donors (Lipinski definition) is 0. The molecule has 2 aliphatic heterocycles. The van der Waals surface area contributed by atoms with Crippen LogP contribution in [0.25, 0.3) is 0 Å². The Morgan fingerprint density at radius 1 is 0.935 bits per heavy atom. The number of alkyl halides is 3. The molecule has 0 radical (unpaired) electrons. The highest BCUT2D eigenvalue weighted by atomic mass is 32.2. The summed E-state index contributed by atoms with van der Waals surface area (Å²) in [5, 5.41) is 0. The van der Waals surface area contributed by atoms with E-state index in [9.17, 15) is 22.8 Å². The summed E-state index contributed by atoms with van der Waals surface area (Å²) in [5.41, 5.74) is 0.948. The van der Waals surface area contributed by atoms with E-state index in [4.69, 9.17) is 0 Å². The van der Waals surface area contributed by atoms with Crippen LogP contribution in [-0.2, 0) is 6.18 Å². The van der Waals surface area contributed by atoms with Gasteiger partial charge in [-0.25, -0.2) is 0 Å². The summed E-state index contributed by atoms with van der Waals surface area (Å²) in [5.74, 6) is 0.419. The van der Waals surface area contributed by atoms with E-state index in [-0.39, 0.29) is 16.3 Å². The van der Waals surface area contributed by atoms with E-state index in [0.717, 1.165) is 23.4 Å². The molecule has 164 valence electrons. The molecule has 1 spiro atoms. The third kappa shape index (κ3) is 4.31. The molecule has 2 amide bonds. The molecule has 31 heavy (non-hydrogen) atoms. The van der Waals surface area contributed by atoms with E-state index in [1.54, 1.807) is 16.7 Å². The number of amides is 2. The first-order valence-corrected chi connectivity index (χ1v) is 11.2. The van der Waals surface area contributed by atoms with Gasteiger partial charge in [0.15, 0.2) is 0 Å². The normalized spacial score (nSPS) is 18.5. The van der Waals surface area contributed by atoms with Crippen molar-refractivity contribution in [1.29, 1.82) is 0 Å². The summed E-state index contributed by atoms with van der Waals surface area (Å²) in [7, 11) is 0. The lowest BCUT2D eigenvalue weighted by molar-refractivity contribution is -0.137. The summed E-state index contributed by atoms with van der Waals surface area (Å²) in [4.78, 5) is 29.1. The van der Waals surface area contributed by atoms with Gasteiger partial charge in [0, 0.05) is 36.5 Å². The molecule has 8 heteroatoms. The number of carbonyl (C=O) groups is 2. The molecule has 2 aromatic carbocycles. The van der Waals surface area contributed by atoms with E-state index in [0.29, 0.717) is 38.0 Å². The van der Waals surface area contributed by atoms with E-state index < -0.39 is 17.6 Å². The molecule has 2 saturated heterocycles. The summed E-state index contributed by atoms with van der Waals surface area (Å²) in [6.45, 7) is 3.43. The second-order valence-corrected chi connectivity index (χ2v) is 9.45. The number of likely N-dealkylation sites (tertiary alicyclic amines) is 1. The Labute approximate surface area is 183 Å². The first-order chi connectivity index (χ1) is 14.7. The molecule has 4 nitrogen and oxygen atoms in total. The maximum atomic E-state index is 13.1. The second-order valence-electron chi connectivity index (χ2n) is 7.99. The quantitative estimate of drug-likeness (QED) is 0.661. The van der Waals surface area contributed by atoms with Gasteiger partial charge in [-0.05, 0) is 50.1 Å². The van der Waals surface area contributed by atoms with Crippen LogP contribution in [0, 0.1) is 6.92 Å². The van der Waals surface area contributed by atoms with Crippen LogP contribution < -0.4 is 0 Å². The summed E-state index contributed by atoms with van der Waals surface area (Å²) in [6.07, 6.45) is -3.29. The molecule has 0 unspecified atom stereocenters. The highest BCUT2D eigenvalue weighted by Crippen LogP contribution is 2.44. The SMILES string of the molecule is Cc1ccc(C(=O)N2CCSC23CCN(C(=O)c2cccc(C(F)(F)F)c2)CC3)cc1. The van der Waals surface area contributed by atoms with Crippen LogP contribution >= 0.6 is 11.8 Å². The number of halogens is 3. The third-order valence-corrected chi connectivity index (χ3v) is 7.54. The minimum absolute atomic E-state index is 0.0114. The zero-order valence-corrected chi connectivity index (χ0v) is 17.9. The molecule has 0 aromatic heterocycles. The van der Waals surface area contributed by atoms with Gasteiger partial charge in [0.1, 0.15) is 0 Å². The molecule has 0 N–H and O–H groups in total. The Hall–Kier alpha value is -2.48. The first kappa shape index (κ1) is 21.7. The Morgan fingerprint density at radius 2 is 1.61 bits per heavy atom. The number of carbonyl (C=O) groups excluding carboxylic acids is 2. The number of nitrogens with zero attached hydrogens (tertiary/aromatic N) is 2. The largest absolute Gasteiger partial charge is 0.416 e. The van der Waals surface area contributed by atoms with Crippen LogP contribution in [-0.4, -0.2) is 51.9 Å². The predicted molar refractivity (Wildman–Crippen MR) is 114 cm³/mol. The smallest absolute Gasteiger partial charge is 0.338 e. The van der Waals surface area contributed by atoms with E-state index in [2.05, 4.69) is 0 Å². The molecule has 0 saturated carbocycles. The van der Waals surface area contributed by atoms with Crippen molar-refractivity contribution in [2.75, 3.05) is 25.4 Å². The zero-order chi connectivity index (χ0) is 22.2. The minimum Gasteiger partial charge on any atom is -0.338 e. The van der Waals surface area contributed by atoms with Gasteiger partial charge in [0.25, 0.3) is 11.8 Å². The van der Waals surface area contributed by atoms with Crippen LogP contribution in [0.2, 0.25) is 0 Å². The molecule has 0 bridgehead atoms. The maximum Gasteiger partial charge on any atom is 0.416 e. The lowest BCUT2D eigenvalue weighted by Gasteiger charge is -2.44. The number of benzene rings is 2. The van der Waals surface area contributed by atoms with Crippen LogP contribution in [0.4, 0.5) is 13.2 Å². The van der Waals surface area contributed by atoms with Gasteiger partial charge in [-0.3, -0.25) is 9.59 Å². The van der Waals surface area contributed by atoms with Gasteiger partial charge in [-0.2, -0.15) is 13.2 Å². The highest BCUT2D eigenvalue weighted by molar-refractivity contribution is 8.00. The van der Waals surface area contributed by atoms with Gasteiger partial charge in [-0.15, -0.1) is 11.8 Å². The van der Waals surface area contributed by atoms with Gasteiger partial charge in [0.2, 0.25) is 0 Å². The van der Waals surface area contributed by atoms with Crippen LogP contribution in [0.1, 0.15) is 44.7 Å². The molecule has 2 aliphatic rings. The van der Waals surface area contributed by atoms with E-state index in [1.165, 1.54) is 12.1 Å². The average Bonchev–Trinajstić information content (AvgIpc) is 3.16. The fourth-order valence-electron chi connectivity index (χ4n) is 4.23. The Balaban J connectivity index is 1.46. The van der Waals surface area contributed by atoms with E-state index >= 15 is 0 Å². The summed E-state index contributed by atoms with van der Waals surface area (Å²) < 4.78 is 39.0. The maximum absolute atomic E-state index is 13.1. The van der Waals surface area contributed by atoms with Gasteiger partial charge in [-0.1, -0.05) is 23.8 Å². The standard InChI is InChI=1S/C23H23F3N2O2S/c1-16-5-7-17(8-6-16)21(30)28-13-14-31-22(28)9-11-27(12-10-22)20(29)18-3-2-4-19(15-18)23(24,25)26/h2-8,15H,9-14H2,1H3. The summed E-state index contributed by atoms with van der Waals surface area (Å²) >= 11 is 1.73. The Kier molecular flexibility index (Phi) is 5.77. The van der Waals surface area contributed by atoms with Gasteiger partial charge in [0.05, 0.1) is 10.4 Å². The van der Waals surface area contributed by atoms with Crippen molar-refractivity contribution in [1.82, 2.24) is 9.80 Å². The van der Waals surface area contributed by atoms with Gasteiger partial charge < -0.3 is 9.80 Å². The molecule has 0 atom stereocenters. The number of piperidine rings is 1. The van der Waals surface area contributed by atoms with Crippen LogP contribution in [0.15, 0.2) is 48.5 Å². The fraction of sp³-hybridized carbons (Fsp3) is 0.391. The Morgan fingerprint density at radius 3 is 2.26 bits per heavy atom. The zero-order valence-electron chi connectivity index (χ0n) is 17.1. The number of rotatable bonds is 2. The number of hydrogen-bond acceptors (Lipinski definition) is 3. The molecule has 0 aliphatic carbocycles. The third-order valence-electron chi connectivity index (χ3n) is 5.99. The van der Waals surface area contributed by atoms with Gasteiger partial charge >= 0.3 is 6.18 Å². The van der Waals surface area contributed by atoms with Crippen LogP contribution in [0.5, 0.6) is 0 Å². The molecule has 2 fully saturated rings. The predicted octanol–water partition coefficient (Wildman–Crippen LogP) is 4.84. The average molecular weight is 449 g/mol. The van der Waals surface area contributed by atoms with E-state index in [1.807, 2.05) is 36.1 Å². The van der Waals surface area contributed by atoms with Crippen molar-refractivity contribution in [3.05, 3.63) is 70.8 Å². The van der Waals surface area contributed by atoms with Crippen molar-refractivity contribution in [2.45, 2.75) is 30.8 Å². The number of aryl methyl sites for hydroxylation is 1. The fourth-order valence-corrected chi connectivity index (χ4v) is 5.69. The lowest BCUT2D eigenvalue weighted by atomic mass is 9.99. The lowest BCUT2D eigenvalue weighted by Crippen LogP contribution is -2.53. The second kappa shape index (κ2) is 8.22. The molecular weight excluding hydrogens is 425 g/mol. The van der Waals surface area contributed by atoms with Crippen molar-refractivity contribution >= 4 is 23.6 Å². The van der Waals surface area contributed by atoms with Crippen LogP contribution in [0.3, 0.4) is 0 Å². The summed E-state index contributed by atoms with van der Waals surface area (Å²) in [6, 6.07) is 12.0. The molecule has 4 rings (SSSR count). The van der Waals surface area contributed by atoms with Crippen molar-refractivity contribution in [3.8, 4) is 0 Å². The van der Waals surface area contributed by atoms with Crippen molar-refractivity contribution in [2.24, 2.45) is 0 Å². The van der Waals surface area contributed by atoms with Crippen molar-refractivity contribution < 1.29 is 22.8 Å². The minimum atomic E-state index is -4.49. The topological polar surface area (TPSA) is 40.6 Å². The van der Waals surface area contributed by atoms with Crippen molar-refractivity contribution in [3.63, 3.8) is 0 Å². The molecular formula is C23H23F3N2O2S. The first-order valence-electron chi connectivity index (χ1n) is 10.2. The molecule has 2 aromatic rings. The molecule has 2 heterocycles. The monoisotopic (exact) mass is 448 g/mol.